The van der Waals surface area contributed by atoms with Crippen LogP contribution in [0.4, 0.5) is 0 Å². The molecule has 2 aliphatic rings. The smallest absolute Gasteiger partial charge is 0.295 e. The van der Waals surface area contributed by atoms with Gasteiger partial charge in [0.25, 0.3) is 5.91 Å². The fourth-order valence-electron chi connectivity index (χ4n) is 5.78. The van der Waals surface area contributed by atoms with Gasteiger partial charge < -0.3 is 24.4 Å². The lowest BCUT2D eigenvalue weighted by molar-refractivity contribution is -0.896. The van der Waals surface area contributed by atoms with Gasteiger partial charge in [-0.15, -0.1) is 0 Å². The maximum atomic E-state index is 14.0. The largest absolute Gasteiger partial charge is 0.872 e. The monoisotopic (exact) mass is 554 g/mol. The zero-order valence-corrected chi connectivity index (χ0v) is 24.0. The second-order valence-electron chi connectivity index (χ2n) is 10.8. The maximum Gasteiger partial charge on any atom is 0.295 e. The topological polar surface area (TPSA) is 83.3 Å². The molecule has 0 bridgehead atoms. The molecule has 3 aromatic carbocycles. The van der Waals surface area contributed by atoms with Crippen molar-refractivity contribution in [2.75, 3.05) is 26.2 Å². The van der Waals surface area contributed by atoms with E-state index in [2.05, 4.69) is 13.8 Å². The first-order chi connectivity index (χ1) is 19.9. The van der Waals surface area contributed by atoms with Crippen molar-refractivity contribution in [1.82, 2.24) is 4.90 Å². The quantitative estimate of drug-likeness (QED) is 0.224. The predicted octanol–water partition coefficient (Wildman–Crippen LogP) is 3.13. The first kappa shape index (κ1) is 28.4. The van der Waals surface area contributed by atoms with Crippen molar-refractivity contribution in [1.29, 1.82) is 0 Å². The molecule has 1 N–H and O–H groups in total. The molecule has 5 rings (SSSR count). The van der Waals surface area contributed by atoms with Crippen LogP contribution in [0.15, 0.2) is 78.4 Å². The standard InChI is InChI=1S/C34H38N2O5/c1-4-35(5-2)17-10-18-36-31(25-13-9-14-28(21-25)40-22-24-11-7-6-8-12-24)30(33(38)34(36)39)32(37)26-15-16-29-27(20-26)19-23(3)41-29/h6-9,11-16,20-21,23,31,37H,4-5,10,17-19,22H2,1-3H3. The van der Waals surface area contributed by atoms with Crippen LogP contribution in [0.25, 0.3) is 5.76 Å². The van der Waals surface area contributed by atoms with E-state index in [-0.39, 0.29) is 11.7 Å². The first-order valence-corrected chi connectivity index (χ1v) is 14.6. The van der Waals surface area contributed by atoms with Gasteiger partial charge in [0.05, 0.1) is 25.7 Å². The fraction of sp³-hybridized carbons (Fsp3) is 0.353. The van der Waals surface area contributed by atoms with Crippen LogP contribution in [-0.4, -0.2) is 48.9 Å². The molecule has 7 heteroatoms. The number of rotatable bonds is 11. The van der Waals surface area contributed by atoms with Gasteiger partial charge >= 0.3 is 0 Å². The highest BCUT2D eigenvalue weighted by Gasteiger charge is 2.44. The maximum absolute atomic E-state index is 14.0. The number of nitrogens with one attached hydrogen (secondary N) is 1. The minimum atomic E-state index is -0.780. The summed E-state index contributed by atoms with van der Waals surface area (Å²) in [4.78, 5) is 29.9. The molecular weight excluding hydrogens is 516 g/mol. The number of likely N-dealkylation sites (tertiary alicyclic amines) is 1. The summed E-state index contributed by atoms with van der Waals surface area (Å²) in [6, 6.07) is 21.7. The van der Waals surface area contributed by atoms with Gasteiger partial charge in [-0.1, -0.05) is 54.3 Å². The number of amides is 1. The normalized spacial score (nSPS) is 19.5. The molecule has 214 valence electrons. The number of Topliss-reactive ketones (excluding diaryl/α,β-unsaturated/α-hetero) is 1. The highest BCUT2D eigenvalue weighted by Crippen LogP contribution is 2.40. The number of fused-ring (bicyclic) bond motifs is 1. The van der Waals surface area contributed by atoms with Crippen LogP contribution < -0.4 is 19.5 Å². The number of carbonyl (C=O) groups excluding carboxylic acids is 2. The van der Waals surface area contributed by atoms with Crippen LogP contribution in [0.2, 0.25) is 0 Å². The summed E-state index contributed by atoms with van der Waals surface area (Å²) in [5.74, 6) is -0.393. The zero-order valence-electron chi connectivity index (χ0n) is 24.0. The number of ketones is 1. The van der Waals surface area contributed by atoms with Gasteiger partial charge in [0.2, 0.25) is 5.78 Å². The molecule has 0 aliphatic carbocycles. The lowest BCUT2D eigenvalue weighted by Crippen LogP contribution is -3.11. The van der Waals surface area contributed by atoms with Crippen molar-refractivity contribution < 1.29 is 29.1 Å². The van der Waals surface area contributed by atoms with Crippen LogP contribution in [-0.2, 0) is 22.6 Å². The number of carbonyl (C=O) groups is 2. The van der Waals surface area contributed by atoms with Gasteiger partial charge in [-0.25, -0.2) is 0 Å². The van der Waals surface area contributed by atoms with E-state index < -0.39 is 23.5 Å². The minimum absolute atomic E-state index is 0.00249. The molecule has 2 unspecified atom stereocenters. The van der Waals surface area contributed by atoms with Gasteiger partial charge in [0.1, 0.15) is 24.2 Å². The fourth-order valence-corrected chi connectivity index (χ4v) is 5.78. The highest BCUT2D eigenvalue weighted by molar-refractivity contribution is 6.46. The van der Waals surface area contributed by atoms with E-state index in [0.29, 0.717) is 36.4 Å². The van der Waals surface area contributed by atoms with Gasteiger partial charge in [-0.3, -0.25) is 9.59 Å². The van der Waals surface area contributed by atoms with Crippen LogP contribution in [0.5, 0.6) is 11.5 Å². The van der Waals surface area contributed by atoms with Crippen molar-refractivity contribution in [2.24, 2.45) is 0 Å². The lowest BCUT2D eigenvalue weighted by Gasteiger charge is -2.28. The first-order valence-electron chi connectivity index (χ1n) is 14.6. The Balaban J connectivity index is 1.50. The molecule has 0 aromatic heterocycles. The molecule has 0 saturated carbocycles. The summed E-state index contributed by atoms with van der Waals surface area (Å²) < 4.78 is 11.9. The molecule has 0 spiro atoms. The predicted molar refractivity (Wildman–Crippen MR) is 155 cm³/mol. The number of benzene rings is 3. The minimum Gasteiger partial charge on any atom is -0.872 e. The molecule has 0 radical (unpaired) electrons. The van der Waals surface area contributed by atoms with Crippen LogP contribution in [0.3, 0.4) is 0 Å². The number of quaternary nitrogens is 1. The molecule has 1 saturated heterocycles. The van der Waals surface area contributed by atoms with Gasteiger partial charge in [-0.05, 0) is 67.3 Å². The highest BCUT2D eigenvalue weighted by atomic mass is 16.5. The van der Waals surface area contributed by atoms with E-state index in [1.54, 1.807) is 23.1 Å². The van der Waals surface area contributed by atoms with Crippen molar-refractivity contribution in [3.8, 4) is 11.5 Å². The van der Waals surface area contributed by atoms with Crippen molar-refractivity contribution in [3.05, 3.63) is 101 Å². The summed E-state index contributed by atoms with van der Waals surface area (Å²) in [6.07, 6.45) is 1.46. The molecule has 1 fully saturated rings. The number of nitrogens with zero attached hydrogens (tertiary/aromatic N) is 1. The van der Waals surface area contributed by atoms with E-state index in [1.165, 1.54) is 4.90 Å². The Morgan fingerprint density at radius 2 is 1.80 bits per heavy atom. The van der Waals surface area contributed by atoms with E-state index in [0.717, 1.165) is 42.9 Å². The van der Waals surface area contributed by atoms with Crippen molar-refractivity contribution in [3.63, 3.8) is 0 Å². The number of hydrogen-bond donors (Lipinski definition) is 1. The third-order valence-electron chi connectivity index (χ3n) is 8.04. The van der Waals surface area contributed by atoms with Gasteiger partial charge in [0, 0.05) is 25.0 Å². The Morgan fingerprint density at radius 3 is 2.56 bits per heavy atom. The summed E-state index contributed by atoms with van der Waals surface area (Å²) >= 11 is 0. The molecule has 2 atom stereocenters. The van der Waals surface area contributed by atoms with E-state index >= 15 is 0 Å². The third kappa shape index (κ3) is 6.15. The molecule has 41 heavy (non-hydrogen) atoms. The van der Waals surface area contributed by atoms with Crippen molar-refractivity contribution in [2.45, 2.75) is 52.4 Å². The van der Waals surface area contributed by atoms with Gasteiger partial charge in [-0.2, -0.15) is 0 Å². The van der Waals surface area contributed by atoms with Crippen LogP contribution in [0.1, 0.15) is 55.5 Å². The molecule has 3 aromatic rings. The Morgan fingerprint density at radius 1 is 1.02 bits per heavy atom. The van der Waals surface area contributed by atoms with Crippen molar-refractivity contribution >= 4 is 17.4 Å². The summed E-state index contributed by atoms with van der Waals surface area (Å²) in [5.41, 5.74) is 3.05. The van der Waals surface area contributed by atoms with Crippen LogP contribution in [0, 0.1) is 0 Å². The Hall–Kier alpha value is -4.10. The lowest BCUT2D eigenvalue weighted by atomic mass is 9.94. The number of hydrogen-bond acceptors (Lipinski definition) is 5. The Kier molecular flexibility index (Phi) is 8.74. The van der Waals surface area contributed by atoms with Crippen LogP contribution >= 0.6 is 0 Å². The zero-order chi connectivity index (χ0) is 28.9. The second-order valence-corrected chi connectivity index (χ2v) is 10.8. The average molecular weight is 555 g/mol. The molecule has 7 nitrogen and oxygen atoms in total. The molecular formula is C34H38N2O5. The Bertz CT molecular complexity index is 1430. The van der Waals surface area contributed by atoms with E-state index in [1.807, 2.05) is 61.5 Å². The summed E-state index contributed by atoms with van der Waals surface area (Å²) in [6.45, 7) is 9.89. The average Bonchev–Trinajstić information content (AvgIpc) is 3.49. The molecule has 2 aliphatic heterocycles. The third-order valence-corrected chi connectivity index (χ3v) is 8.04. The van der Waals surface area contributed by atoms with E-state index in [9.17, 15) is 14.7 Å². The van der Waals surface area contributed by atoms with Gasteiger partial charge in [0.15, 0.2) is 0 Å². The summed E-state index contributed by atoms with van der Waals surface area (Å²) in [5, 5.41) is 14.0. The summed E-state index contributed by atoms with van der Waals surface area (Å²) in [7, 11) is 0. The Labute approximate surface area is 242 Å². The number of ether oxygens (including phenoxy) is 2. The molecule has 2 heterocycles. The van der Waals surface area contributed by atoms with E-state index in [4.69, 9.17) is 9.47 Å². The second kappa shape index (κ2) is 12.6. The molecule has 1 amide bonds. The SMILES string of the molecule is CC[NH+](CC)CCCN1C(=O)C(=O)C(=C([O-])c2ccc3c(c2)CC(C)O3)C1c1cccc(OCc2ccccc2)c1.